The van der Waals surface area contributed by atoms with E-state index in [1.165, 1.54) is 18.2 Å². The van der Waals surface area contributed by atoms with Crippen LogP contribution in [0.1, 0.15) is 40.5 Å². The highest BCUT2D eigenvalue weighted by molar-refractivity contribution is 5.89. The lowest BCUT2D eigenvalue weighted by Gasteiger charge is -2.20. The molecule has 112 valence electrons. The smallest absolute Gasteiger partial charge is 0.412 e. The van der Waals surface area contributed by atoms with Crippen molar-refractivity contribution in [3.05, 3.63) is 24.0 Å². The van der Waals surface area contributed by atoms with Crippen molar-refractivity contribution in [1.82, 2.24) is 0 Å². The van der Waals surface area contributed by atoms with Crippen LogP contribution in [0.15, 0.2) is 18.2 Å². The molecule has 2 N–H and O–H groups in total. The first-order chi connectivity index (χ1) is 9.31. The number of amides is 1. The maximum Gasteiger partial charge on any atom is 0.412 e. The molecule has 1 amide bonds. The van der Waals surface area contributed by atoms with Crippen molar-refractivity contribution in [2.24, 2.45) is 0 Å². The summed E-state index contributed by atoms with van der Waals surface area (Å²) in [5.74, 6) is -0.348. The molecule has 0 aliphatic carbocycles. The van der Waals surface area contributed by atoms with Crippen LogP contribution in [-0.2, 0) is 4.74 Å². The molecule has 1 aromatic carbocycles. The average molecular weight is 282 g/mol. The lowest BCUT2D eigenvalue weighted by atomic mass is 10.2. The van der Waals surface area contributed by atoms with Crippen LogP contribution >= 0.6 is 0 Å². The van der Waals surface area contributed by atoms with Crippen LogP contribution in [0, 0.1) is 5.82 Å². The van der Waals surface area contributed by atoms with Crippen LogP contribution < -0.4 is 10.6 Å². The summed E-state index contributed by atoms with van der Waals surface area (Å²) in [4.78, 5) is 11.7. The largest absolute Gasteiger partial charge is 0.444 e. The number of benzene rings is 1. The SMILES string of the molecule is CCCCNc1cc(F)ccc1NC(=O)OC(C)(C)C. The fourth-order valence-corrected chi connectivity index (χ4v) is 1.59. The third-order valence-corrected chi connectivity index (χ3v) is 2.46. The van der Waals surface area contributed by atoms with Crippen LogP contribution in [-0.4, -0.2) is 18.2 Å². The first kappa shape index (κ1) is 16.3. The van der Waals surface area contributed by atoms with Crippen molar-refractivity contribution in [2.75, 3.05) is 17.2 Å². The second kappa shape index (κ2) is 7.12. The van der Waals surface area contributed by atoms with E-state index >= 15 is 0 Å². The van der Waals surface area contributed by atoms with Gasteiger partial charge >= 0.3 is 6.09 Å². The molecule has 0 bridgehead atoms. The zero-order chi connectivity index (χ0) is 15.2. The van der Waals surface area contributed by atoms with Crippen molar-refractivity contribution in [2.45, 2.75) is 46.1 Å². The van der Waals surface area contributed by atoms with Gasteiger partial charge in [0.25, 0.3) is 0 Å². The number of halogens is 1. The van der Waals surface area contributed by atoms with Crippen molar-refractivity contribution in [1.29, 1.82) is 0 Å². The highest BCUT2D eigenvalue weighted by Crippen LogP contribution is 2.23. The summed E-state index contributed by atoms with van der Waals surface area (Å²) in [6.07, 6.45) is 1.46. The quantitative estimate of drug-likeness (QED) is 0.788. The summed E-state index contributed by atoms with van der Waals surface area (Å²) in [5, 5.41) is 5.74. The van der Waals surface area contributed by atoms with E-state index in [9.17, 15) is 9.18 Å². The lowest BCUT2D eigenvalue weighted by molar-refractivity contribution is 0.0636. The molecule has 1 rings (SSSR count). The molecule has 0 spiro atoms. The van der Waals surface area contributed by atoms with Gasteiger partial charge in [0, 0.05) is 6.54 Å². The number of hydrogen-bond acceptors (Lipinski definition) is 3. The molecule has 4 nitrogen and oxygen atoms in total. The van der Waals surface area contributed by atoms with E-state index in [-0.39, 0.29) is 5.82 Å². The molecule has 0 aliphatic rings. The van der Waals surface area contributed by atoms with Gasteiger partial charge in [0.15, 0.2) is 0 Å². The standard InChI is InChI=1S/C15H23FN2O2/c1-5-6-9-17-13-10-11(16)7-8-12(13)18-14(19)20-15(2,3)4/h7-8,10,17H,5-6,9H2,1-4H3,(H,18,19). The summed E-state index contributed by atoms with van der Waals surface area (Å²) < 4.78 is 18.5. The number of nitrogens with one attached hydrogen (secondary N) is 2. The van der Waals surface area contributed by atoms with E-state index in [4.69, 9.17) is 4.74 Å². The number of carbonyl (C=O) groups is 1. The molecule has 0 fully saturated rings. The monoisotopic (exact) mass is 282 g/mol. The zero-order valence-corrected chi connectivity index (χ0v) is 12.5. The van der Waals surface area contributed by atoms with E-state index in [0.29, 0.717) is 11.4 Å². The number of anilines is 2. The molecular weight excluding hydrogens is 259 g/mol. The Morgan fingerprint density at radius 1 is 1.30 bits per heavy atom. The van der Waals surface area contributed by atoms with Crippen molar-refractivity contribution in [3.63, 3.8) is 0 Å². The maximum absolute atomic E-state index is 13.3. The van der Waals surface area contributed by atoms with E-state index in [2.05, 4.69) is 17.6 Å². The van der Waals surface area contributed by atoms with Gasteiger partial charge in [-0.15, -0.1) is 0 Å². The molecule has 0 aromatic heterocycles. The summed E-state index contributed by atoms with van der Waals surface area (Å²) in [5.41, 5.74) is 0.501. The number of ether oxygens (including phenoxy) is 1. The van der Waals surface area contributed by atoms with Crippen molar-refractivity contribution >= 4 is 17.5 Å². The first-order valence-corrected chi connectivity index (χ1v) is 6.85. The van der Waals surface area contributed by atoms with Gasteiger partial charge in [-0.25, -0.2) is 9.18 Å². The Morgan fingerprint density at radius 2 is 2.00 bits per heavy atom. The van der Waals surface area contributed by atoms with Crippen LogP contribution in [0.2, 0.25) is 0 Å². The van der Waals surface area contributed by atoms with Crippen LogP contribution in [0.5, 0.6) is 0 Å². The number of hydrogen-bond donors (Lipinski definition) is 2. The molecule has 5 heteroatoms. The molecule has 0 atom stereocenters. The lowest BCUT2D eigenvalue weighted by Crippen LogP contribution is -2.27. The second-order valence-electron chi connectivity index (χ2n) is 5.60. The average Bonchev–Trinajstić information content (AvgIpc) is 2.30. The normalized spacial score (nSPS) is 11.1. The second-order valence-corrected chi connectivity index (χ2v) is 5.60. The molecule has 0 aliphatic heterocycles. The summed E-state index contributed by atoms with van der Waals surface area (Å²) >= 11 is 0. The maximum atomic E-state index is 13.3. The number of carbonyl (C=O) groups excluding carboxylic acids is 1. The van der Waals surface area contributed by atoms with E-state index in [1.807, 2.05) is 0 Å². The van der Waals surface area contributed by atoms with Gasteiger partial charge < -0.3 is 10.1 Å². The first-order valence-electron chi connectivity index (χ1n) is 6.85. The Balaban J connectivity index is 2.75. The van der Waals surface area contributed by atoms with Gasteiger partial charge in [-0.3, -0.25) is 5.32 Å². The zero-order valence-electron chi connectivity index (χ0n) is 12.5. The topological polar surface area (TPSA) is 50.4 Å². The Morgan fingerprint density at radius 3 is 2.60 bits per heavy atom. The van der Waals surface area contributed by atoms with Gasteiger partial charge in [-0.05, 0) is 45.4 Å². The van der Waals surface area contributed by atoms with Crippen molar-refractivity contribution in [3.8, 4) is 0 Å². The van der Waals surface area contributed by atoms with Gasteiger partial charge in [0.05, 0.1) is 11.4 Å². The molecule has 0 saturated heterocycles. The highest BCUT2D eigenvalue weighted by atomic mass is 19.1. The van der Waals surface area contributed by atoms with Crippen molar-refractivity contribution < 1.29 is 13.9 Å². The Labute approximate surface area is 119 Å². The minimum Gasteiger partial charge on any atom is -0.444 e. The van der Waals surface area contributed by atoms with Crippen LogP contribution in [0.4, 0.5) is 20.6 Å². The number of rotatable bonds is 5. The molecule has 0 unspecified atom stereocenters. The van der Waals surface area contributed by atoms with E-state index in [1.54, 1.807) is 20.8 Å². The molecule has 0 heterocycles. The van der Waals surface area contributed by atoms with Gasteiger partial charge in [0.2, 0.25) is 0 Å². The third kappa shape index (κ3) is 5.91. The Kier molecular flexibility index (Phi) is 5.80. The highest BCUT2D eigenvalue weighted by Gasteiger charge is 2.17. The summed E-state index contributed by atoms with van der Waals surface area (Å²) in [6.45, 7) is 8.17. The summed E-state index contributed by atoms with van der Waals surface area (Å²) in [7, 11) is 0. The van der Waals surface area contributed by atoms with Gasteiger partial charge in [-0.1, -0.05) is 13.3 Å². The van der Waals surface area contributed by atoms with Crippen LogP contribution in [0.25, 0.3) is 0 Å². The molecule has 20 heavy (non-hydrogen) atoms. The molecule has 0 radical (unpaired) electrons. The predicted molar refractivity (Wildman–Crippen MR) is 79.7 cm³/mol. The fourth-order valence-electron chi connectivity index (χ4n) is 1.59. The van der Waals surface area contributed by atoms with Gasteiger partial charge in [-0.2, -0.15) is 0 Å². The molecular formula is C15H23FN2O2. The Bertz CT molecular complexity index is 456. The Hall–Kier alpha value is -1.78. The van der Waals surface area contributed by atoms with E-state index in [0.717, 1.165) is 19.4 Å². The van der Waals surface area contributed by atoms with Gasteiger partial charge in [0.1, 0.15) is 11.4 Å². The number of unbranched alkanes of at least 4 members (excludes halogenated alkanes) is 1. The third-order valence-electron chi connectivity index (χ3n) is 2.46. The molecule has 0 saturated carbocycles. The van der Waals surface area contributed by atoms with Crippen LogP contribution in [0.3, 0.4) is 0 Å². The minimum absolute atomic E-state index is 0.348. The predicted octanol–water partition coefficient (Wildman–Crippen LogP) is 4.38. The fraction of sp³-hybridized carbons (Fsp3) is 0.533. The molecule has 1 aromatic rings. The summed E-state index contributed by atoms with van der Waals surface area (Å²) in [6, 6.07) is 4.19. The van der Waals surface area contributed by atoms with E-state index < -0.39 is 11.7 Å². The minimum atomic E-state index is -0.570.